The summed E-state index contributed by atoms with van der Waals surface area (Å²) < 4.78 is 0. The van der Waals surface area contributed by atoms with Gasteiger partial charge in [-0.3, -0.25) is 0 Å². The molecule has 5 aromatic carbocycles. The highest BCUT2D eigenvalue weighted by Crippen LogP contribution is 2.35. The average Bonchev–Trinajstić information content (AvgIpc) is 3.07. The summed E-state index contributed by atoms with van der Waals surface area (Å²) in [5, 5.41) is 0. The Kier molecular flexibility index (Phi) is 9.27. The molecule has 0 spiro atoms. The highest BCUT2D eigenvalue weighted by molar-refractivity contribution is 7.01. The molecule has 0 N–H and O–H groups in total. The second-order valence-corrected chi connectivity index (χ2v) is 15.6. The molecule has 0 aliphatic carbocycles. The summed E-state index contributed by atoms with van der Waals surface area (Å²) in [7, 11) is 4.58. The van der Waals surface area contributed by atoms with Gasteiger partial charge in [-0.15, -0.1) is 0 Å². The lowest BCUT2D eigenvalue weighted by atomic mass is 9.30. The van der Waals surface area contributed by atoms with Crippen molar-refractivity contribution in [1.82, 2.24) is 0 Å². The van der Waals surface area contributed by atoms with E-state index >= 15 is 0 Å². The number of hydrogen-bond donors (Lipinski definition) is 0. The maximum atomic E-state index is 2.63. The van der Waals surface area contributed by atoms with Gasteiger partial charge in [0.15, 0.2) is 0 Å². The summed E-state index contributed by atoms with van der Waals surface area (Å²) in [6, 6.07) is 29.4. The molecule has 0 saturated carbocycles. The van der Waals surface area contributed by atoms with Crippen LogP contribution in [-0.2, 0) is 12.8 Å². The van der Waals surface area contributed by atoms with Gasteiger partial charge in [0.25, 0.3) is 0 Å². The number of rotatable bonds is 8. The minimum absolute atomic E-state index is 0.158. The third-order valence-corrected chi connectivity index (χ3v) is 11.7. The van der Waals surface area contributed by atoms with Gasteiger partial charge in [0.05, 0.1) is 0 Å². The third-order valence-electron chi connectivity index (χ3n) is 11.7. The molecule has 0 fully saturated rings. The number of fused-ring (bicyclic) bond motifs is 4. The zero-order valence-electron chi connectivity index (χ0n) is 32.2. The molecule has 0 unspecified atom stereocenters. The number of hydrogen-bond acceptors (Lipinski definition) is 2. The Morgan fingerprint density at radius 3 is 1.38 bits per heavy atom. The van der Waals surface area contributed by atoms with Crippen LogP contribution in [-0.4, -0.2) is 27.5 Å². The highest BCUT2D eigenvalue weighted by Gasteiger charge is 2.41. The van der Waals surface area contributed by atoms with E-state index in [2.05, 4.69) is 152 Å². The number of aryl methyl sites for hydroxylation is 8. The van der Waals surface area contributed by atoms with Crippen molar-refractivity contribution in [2.45, 2.75) is 93.9 Å². The van der Waals surface area contributed by atoms with Crippen LogP contribution in [0.5, 0.6) is 0 Å². The first-order valence-electron chi connectivity index (χ1n) is 19.1. The van der Waals surface area contributed by atoms with Crippen LogP contribution in [0.3, 0.4) is 0 Å². The molecule has 0 atom stereocenters. The topological polar surface area (TPSA) is 6.48 Å². The Hall–Kier alpha value is -4.17. The van der Waals surface area contributed by atoms with E-state index in [0.717, 1.165) is 12.8 Å². The second-order valence-electron chi connectivity index (χ2n) is 15.6. The predicted octanol–water partition coefficient (Wildman–Crippen LogP) is 7.42. The standard InChI is InChI=1S/C46H54B2N2/c1-11-13-15-35-18-20-41-38(25-35)48(46-33(7)23-30(4)24-34(46)8)40-27-39-44(28-43(40)49(41)9)50(10)42-26-36(16-14-12-2)17-19-37(42)47(39)45-31(5)21-29(3)22-32(45)6/h17-28H,11-16H2,1-10H3. The molecule has 2 aliphatic rings. The maximum Gasteiger partial charge on any atom is 0.247 e. The van der Waals surface area contributed by atoms with Gasteiger partial charge in [0, 0.05) is 36.8 Å². The van der Waals surface area contributed by atoms with Gasteiger partial charge in [0.1, 0.15) is 0 Å². The highest BCUT2D eigenvalue weighted by atomic mass is 15.1. The summed E-state index contributed by atoms with van der Waals surface area (Å²) in [6.45, 7) is 18.7. The molecule has 254 valence electrons. The van der Waals surface area contributed by atoms with Crippen LogP contribution in [0, 0.1) is 41.5 Å². The zero-order valence-corrected chi connectivity index (χ0v) is 32.2. The summed E-state index contributed by atoms with van der Waals surface area (Å²) in [4.78, 5) is 4.96. The van der Waals surface area contributed by atoms with Crippen molar-refractivity contribution in [2.24, 2.45) is 0 Å². The summed E-state index contributed by atoms with van der Waals surface area (Å²) in [5.74, 6) is 0. The Balaban J connectivity index is 1.53. The first kappa shape index (κ1) is 34.3. The van der Waals surface area contributed by atoms with Crippen LogP contribution in [0.15, 0.2) is 72.8 Å². The van der Waals surface area contributed by atoms with Crippen LogP contribution in [0.1, 0.15) is 84.0 Å². The molecule has 0 bridgehead atoms. The van der Waals surface area contributed by atoms with Crippen LogP contribution in [0.25, 0.3) is 0 Å². The molecule has 0 amide bonds. The van der Waals surface area contributed by atoms with Crippen LogP contribution < -0.4 is 42.6 Å². The van der Waals surface area contributed by atoms with Crippen LogP contribution in [0.2, 0.25) is 0 Å². The Bertz CT molecular complexity index is 2060. The van der Waals surface area contributed by atoms with Crippen LogP contribution in [0.4, 0.5) is 22.7 Å². The van der Waals surface area contributed by atoms with Crippen molar-refractivity contribution in [3.63, 3.8) is 0 Å². The number of nitrogens with zero attached hydrogens (tertiary/aromatic N) is 2. The van der Waals surface area contributed by atoms with Gasteiger partial charge in [-0.2, -0.15) is 0 Å². The monoisotopic (exact) mass is 656 g/mol. The van der Waals surface area contributed by atoms with Gasteiger partial charge < -0.3 is 9.80 Å². The molecule has 2 nitrogen and oxygen atoms in total. The number of unbranched alkanes of at least 4 members (excludes halogenated alkanes) is 2. The van der Waals surface area contributed by atoms with E-state index in [1.165, 1.54) is 126 Å². The maximum absolute atomic E-state index is 2.63. The SMILES string of the molecule is CCCCc1ccc2c(c1)B(c1c(C)cc(C)cc1C)c1cc3c(cc1N2C)N(C)c1cc(CCCC)ccc1B3c1c(C)cc(C)cc1C. The third kappa shape index (κ3) is 5.79. The van der Waals surface area contributed by atoms with E-state index in [4.69, 9.17) is 0 Å². The molecule has 0 saturated heterocycles. The van der Waals surface area contributed by atoms with Crippen molar-refractivity contribution in [2.75, 3.05) is 23.9 Å². The molecule has 5 aromatic rings. The van der Waals surface area contributed by atoms with Gasteiger partial charge >= 0.3 is 0 Å². The Morgan fingerprint density at radius 2 is 0.860 bits per heavy atom. The minimum atomic E-state index is 0.158. The molecular weight excluding hydrogens is 602 g/mol. The van der Waals surface area contributed by atoms with Gasteiger partial charge in [0.2, 0.25) is 13.4 Å². The summed E-state index contributed by atoms with van der Waals surface area (Å²) in [5.41, 5.74) is 25.0. The lowest BCUT2D eigenvalue weighted by Gasteiger charge is -2.41. The molecule has 4 heteroatoms. The number of benzene rings is 5. The Labute approximate surface area is 303 Å². The average molecular weight is 657 g/mol. The van der Waals surface area contributed by atoms with Crippen molar-refractivity contribution < 1.29 is 0 Å². The van der Waals surface area contributed by atoms with Gasteiger partial charge in [-0.05, 0) is 118 Å². The van der Waals surface area contributed by atoms with E-state index < -0.39 is 0 Å². The largest absolute Gasteiger partial charge is 0.345 e. The molecule has 0 radical (unpaired) electrons. The lowest BCUT2D eigenvalue weighted by Crippen LogP contribution is -2.63. The first-order chi connectivity index (χ1) is 24.0. The fourth-order valence-electron chi connectivity index (χ4n) is 9.50. The normalized spacial score (nSPS) is 13.3. The van der Waals surface area contributed by atoms with Crippen molar-refractivity contribution in [3.05, 3.63) is 117 Å². The van der Waals surface area contributed by atoms with E-state index in [9.17, 15) is 0 Å². The van der Waals surface area contributed by atoms with Crippen molar-refractivity contribution in [1.29, 1.82) is 0 Å². The summed E-state index contributed by atoms with van der Waals surface area (Å²) in [6.07, 6.45) is 7.10. The first-order valence-corrected chi connectivity index (χ1v) is 19.1. The van der Waals surface area contributed by atoms with E-state index in [-0.39, 0.29) is 13.4 Å². The van der Waals surface area contributed by atoms with E-state index in [1.54, 1.807) is 0 Å². The predicted molar refractivity (Wildman–Crippen MR) is 223 cm³/mol. The second kappa shape index (κ2) is 13.5. The molecule has 7 rings (SSSR count). The lowest BCUT2D eigenvalue weighted by molar-refractivity contribution is 0.795. The van der Waals surface area contributed by atoms with Crippen LogP contribution >= 0.6 is 0 Å². The molecule has 2 heterocycles. The quantitative estimate of drug-likeness (QED) is 0.161. The van der Waals surface area contributed by atoms with E-state index in [0.29, 0.717) is 0 Å². The fraction of sp³-hybridized carbons (Fsp3) is 0.348. The van der Waals surface area contributed by atoms with Gasteiger partial charge in [-0.25, -0.2) is 0 Å². The molecule has 0 aromatic heterocycles. The Morgan fingerprint density at radius 1 is 0.440 bits per heavy atom. The molecular formula is C46H54B2N2. The van der Waals surface area contributed by atoms with Crippen molar-refractivity contribution in [3.8, 4) is 0 Å². The number of anilines is 4. The molecule has 50 heavy (non-hydrogen) atoms. The summed E-state index contributed by atoms with van der Waals surface area (Å²) >= 11 is 0. The van der Waals surface area contributed by atoms with Gasteiger partial charge in [-0.1, -0.05) is 126 Å². The minimum Gasteiger partial charge on any atom is -0.345 e. The molecule has 2 aliphatic heterocycles. The van der Waals surface area contributed by atoms with Crippen molar-refractivity contribution >= 4 is 69.0 Å². The van der Waals surface area contributed by atoms with E-state index in [1.807, 2.05) is 0 Å². The zero-order chi connectivity index (χ0) is 35.4. The fourth-order valence-corrected chi connectivity index (χ4v) is 9.50. The smallest absolute Gasteiger partial charge is 0.247 e.